The number of nitro benzene ring substituents is 1. The van der Waals surface area contributed by atoms with Crippen LogP contribution in [0, 0.1) is 58.0 Å². The van der Waals surface area contributed by atoms with Crippen molar-refractivity contribution in [3.63, 3.8) is 0 Å². The second kappa shape index (κ2) is 6.27. The van der Waals surface area contributed by atoms with E-state index in [0.29, 0.717) is 11.8 Å². The van der Waals surface area contributed by atoms with E-state index < -0.39 is 4.92 Å². The zero-order valence-corrected chi connectivity index (χ0v) is 15.3. The fourth-order valence-electron chi connectivity index (χ4n) is 5.18. The van der Waals surface area contributed by atoms with Crippen LogP contribution in [0.15, 0.2) is 35.5 Å². The van der Waals surface area contributed by atoms with E-state index in [4.69, 9.17) is 11.2 Å². The van der Waals surface area contributed by atoms with Gasteiger partial charge in [0.2, 0.25) is 0 Å². The maximum atomic E-state index is 12.9. The lowest BCUT2D eigenvalue weighted by Crippen LogP contribution is -2.40. The summed E-state index contributed by atoms with van der Waals surface area (Å²) in [4.78, 5) is 36.4. The summed E-state index contributed by atoms with van der Waals surface area (Å²) in [6, 6.07) is 3.98. The van der Waals surface area contributed by atoms with Gasteiger partial charge in [-0.3, -0.25) is 19.7 Å². The standard InChI is InChI=1S/C21H17N3O5/c1-2-7-29-17-6-3-12(24(27)28)8-11(17)10-22-23-20(25)18-13-4-5-14(16-9-15(13)16)19(18)21(23)26/h1,3-6,8,10,13-16,18-19H,7,9H2/b22-10+. The number of hydrogen-bond acceptors (Lipinski definition) is 6. The van der Waals surface area contributed by atoms with Crippen LogP contribution in [0.4, 0.5) is 5.69 Å². The largest absolute Gasteiger partial charge is 0.480 e. The zero-order chi connectivity index (χ0) is 20.3. The highest BCUT2D eigenvalue weighted by Crippen LogP contribution is 2.65. The lowest BCUT2D eigenvalue weighted by Gasteiger charge is -2.37. The zero-order valence-electron chi connectivity index (χ0n) is 15.3. The number of amides is 2. The number of nitro groups is 1. The molecule has 2 saturated carbocycles. The molecule has 6 atom stereocenters. The molecule has 6 rings (SSSR count). The minimum atomic E-state index is -0.543. The highest BCUT2D eigenvalue weighted by Gasteiger charge is 2.67. The van der Waals surface area contributed by atoms with E-state index in [-0.39, 0.29) is 59.1 Å². The third-order valence-corrected chi connectivity index (χ3v) is 6.47. The molecule has 4 aliphatic carbocycles. The molecule has 3 fully saturated rings. The Bertz CT molecular complexity index is 1000. The number of imide groups is 1. The molecule has 6 unspecified atom stereocenters. The predicted molar refractivity (Wildman–Crippen MR) is 102 cm³/mol. The van der Waals surface area contributed by atoms with Crippen LogP contribution in [-0.4, -0.2) is 34.6 Å². The van der Waals surface area contributed by atoms with Crippen molar-refractivity contribution in [2.75, 3.05) is 6.61 Å². The molecule has 5 aliphatic rings. The number of rotatable bonds is 5. The summed E-state index contributed by atoms with van der Waals surface area (Å²) in [5, 5.41) is 16.1. The Balaban J connectivity index is 1.44. The molecule has 29 heavy (non-hydrogen) atoms. The molecule has 8 heteroatoms. The van der Waals surface area contributed by atoms with E-state index in [2.05, 4.69) is 23.2 Å². The van der Waals surface area contributed by atoms with Crippen LogP contribution in [0.3, 0.4) is 0 Å². The first kappa shape index (κ1) is 17.6. The number of hydrazone groups is 1. The van der Waals surface area contributed by atoms with Gasteiger partial charge in [0.15, 0.2) is 0 Å². The van der Waals surface area contributed by atoms with Gasteiger partial charge in [0.25, 0.3) is 17.5 Å². The number of carbonyl (C=O) groups is 2. The lowest BCUT2D eigenvalue weighted by atomic mass is 9.63. The van der Waals surface area contributed by atoms with Crippen LogP contribution in [0.2, 0.25) is 0 Å². The number of terminal acetylenes is 1. The van der Waals surface area contributed by atoms with Crippen molar-refractivity contribution >= 4 is 23.7 Å². The molecular weight excluding hydrogens is 374 g/mol. The number of benzene rings is 1. The Morgan fingerprint density at radius 2 is 1.90 bits per heavy atom. The van der Waals surface area contributed by atoms with Crippen molar-refractivity contribution in [2.45, 2.75) is 6.42 Å². The van der Waals surface area contributed by atoms with Gasteiger partial charge >= 0.3 is 0 Å². The van der Waals surface area contributed by atoms with Gasteiger partial charge in [-0.15, -0.1) is 6.42 Å². The Hall–Kier alpha value is -3.47. The fourth-order valence-corrected chi connectivity index (χ4v) is 5.18. The normalized spacial score (nSPS) is 33.6. The van der Waals surface area contributed by atoms with Crippen LogP contribution in [0.1, 0.15) is 12.0 Å². The van der Waals surface area contributed by atoms with Gasteiger partial charge in [-0.1, -0.05) is 18.1 Å². The predicted octanol–water partition coefficient (Wildman–Crippen LogP) is 1.99. The van der Waals surface area contributed by atoms with Gasteiger partial charge < -0.3 is 4.74 Å². The third kappa shape index (κ3) is 2.58. The van der Waals surface area contributed by atoms with Crippen molar-refractivity contribution in [3.8, 4) is 18.1 Å². The van der Waals surface area contributed by atoms with E-state index in [1.54, 1.807) is 0 Å². The maximum Gasteiger partial charge on any atom is 0.270 e. The summed E-state index contributed by atoms with van der Waals surface area (Å²) >= 11 is 0. The maximum absolute atomic E-state index is 12.9. The van der Waals surface area contributed by atoms with Crippen LogP contribution in [-0.2, 0) is 9.59 Å². The number of nitrogens with zero attached hydrogens (tertiary/aromatic N) is 3. The summed E-state index contributed by atoms with van der Waals surface area (Å²) in [7, 11) is 0. The molecule has 0 aromatic heterocycles. The third-order valence-electron chi connectivity index (χ3n) is 6.47. The first-order valence-corrected chi connectivity index (χ1v) is 9.46. The second-order valence-corrected chi connectivity index (χ2v) is 7.86. The van der Waals surface area contributed by atoms with Gasteiger partial charge in [0.1, 0.15) is 12.4 Å². The van der Waals surface area contributed by atoms with Crippen LogP contribution in [0.25, 0.3) is 0 Å². The molecule has 0 N–H and O–H groups in total. The first-order chi connectivity index (χ1) is 14.0. The van der Waals surface area contributed by atoms with Crippen molar-refractivity contribution in [3.05, 3.63) is 46.0 Å². The summed E-state index contributed by atoms with van der Waals surface area (Å²) in [5.41, 5.74) is 0.114. The van der Waals surface area contributed by atoms with Crippen molar-refractivity contribution in [2.24, 2.45) is 40.6 Å². The quantitative estimate of drug-likeness (QED) is 0.191. The van der Waals surface area contributed by atoms with Crippen molar-refractivity contribution < 1.29 is 19.2 Å². The minimum Gasteiger partial charge on any atom is -0.480 e. The summed E-state index contributed by atoms with van der Waals surface area (Å²) < 4.78 is 5.40. The fraction of sp³-hybridized carbons (Fsp3) is 0.381. The molecule has 1 aromatic rings. The SMILES string of the molecule is C#CCOc1ccc([N+](=O)[O-])cc1/C=N/N1C(=O)C2C3C=CC(C4CC34)C2C1=O. The van der Waals surface area contributed by atoms with E-state index in [0.717, 1.165) is 11.4 Å². The molecule has 1 aromatic carbocycles. The molecular formula is C21H17N3O5. The molecule has 1 heterocycles. The van der Waals surface area contributed by atoms with E-state index in [9.17, 15) is 19.7 Å². The first-order valence-electron chi connectivity index (χ1n) is 9.46. The van der Waals surface area contributed by atoms with E-state index in [1.807, 2.05) is 0 Å². The smallest absolute Gasteiger partial charge is 0.270 e. The summed E-state index contributed by atoms with van der Waals surface area (Å²) in [5.74, 6) is 2.57. The van der Waals surface area contributed by atoms with Gasteiger partial charge in [0.05, 0.1) is 23.0 Å². The Morgan fingerprint density at radius 3 is 2.48 bits per heavy atom. The summed E-state index contributed by atoms with van der Waals surface area (Å²) in [6.07, 6.45) is 11.7. The second-order valence-electron chi connectivity index (χ2n) is 7.86. The van der Waals surface area contributed by atoms with Crippen LogP contribution >= 0.6 is 0 Å². The molecule has 146 valence electrons. The lowest BCUT2D eigenvalue weighted by molar-refractivity contribution is -0.384. The monoisotopic (exact) mass is 391 g/mol. The van der Waals surface area contributed by atoms with Crippen LogP contribution in [0.5, 0.6) is 5.75 Å². The molecule has 0 radical (unpaired) electrons. The topological polar surface area (TPSA) is 102 Å². The molecule has 1 saturated heterocycles. The number of hydrogen-bond donors (Lipinski definition) is 0. The Labute approximate surface area is 166 Å². The number of carbonyl (C=O) groups excluding carboxylic acids is 2. The van der Waals surface area contributed by atoms with Gasteiger partial charge in [-0.25, -0.2) is 0 Å². The van der Waals surface area contributed by atoms with Gasteiger partial charge in [-0.2, -0.15) is 10.1 Å². The molecule has 2 bridgehead atoms. The minimum absolute atomic E-state index is 0.0256. The number of ether oxygens (including phenoxy) is 1. The molecule has 1 aliphatic heterocycles. The average Bonchev–Trinajstić information content (AvgIpc) is 3.50. The Morgan fingerprint density at radius 1 is 1.24 bits per heavy atom. The van der Waals surface area contributed by atoms with Crippen molar-refractivity contribution in [1.29, 1.82) is 0 Å². The van der Waals surface area contributed by atoms with Crippen LogP contribution < -0.4 is 4.74 Å². The summed E-state index contributed by atoms with van der Waals surface area (Å²) in [6.45, 7) is -0.0256. The Kier molecular flexibility index (Phi) is 3.81. The number of allylic oxidation sites excluding steroid dienone is 2. The van der Waals surface area contributed by atoms with Gasteiger partial charge in [-0.05, 0) is 36.2 Å². The molecule has 8 nitrogen and oxygen atoms in total. The average molecular weight is 391 g/mol. The molecule has 2 amide bonds. The highest BCUT2D eigenvalue weighted by atomic mass is 16.6. The highest BCUT2D eigenvalue weighted by molar-refractivity contribution is 6.06. The molecule has 0 spiro atoms. The van der Waals surface area contributed by atoms with Crippen molar-refractivity contribution in [1.82, 2.24) is 5.01 Å². The van der Waals surface area contributed by atoms with Gasteiger partial charge in [0, 0.05) is 17.7 Å². The number of non-ortho nitro benzene ring substituents is 1. The van der Waals surface area contributed by atoms with E-state index >= 15 is 0 Å². The van der Waals surface area contributed by atoms with E-state index in [1.165, 1.54) is 24.4 Å².